The van der Waals surface area contributed by atoms with Crippen molar-refractivity contribution in [3.8, 4) is 11.1 Å². The van der Waals surface area contributed by atoms with Crippen molar-refractivity contribution >= 4 is 6.08 Å². The lowest BCUT2D eigenvalue weighted by Gasteiger charge is -2.33. The van der Waals surface area contributed by atoms with Gasteiger partial charge in [-0.3, -0.25) is 0 Å². The predicted octanol–water partition coefficient (Wildman–Crippen LogP) is 7.17. The second-order valence-corrected chi connectivity index (χ2v) is 9.10. The van der Waals surface area contributed by atoms with Crippen molar-refractivity contribution in [2.24, 2.45) is 0 Å². The fourth-order valence-corrected chi connectivity index (χ4v) is 4.53. The van der Waals surface area contributed by atoms with Crippen LogP contribution in [0, 0.1) is 26.6 Å². The minimum atomic E-state index is -0.303. The van der Waals surface area contributed by atoms with E-state index in [9.17, 15) is 4.39 Å². The molecule has 1 fully saturated rings. The van der Waals surface area contributed by atoms with E-state index in [0.717, 1.165) is 28.7 Å². The Morgan fingerprint density at radius 1 is 0.971 bits per heavy atom. The molecule has 4 rings (SSSR count). The molecule has 0 N–H and O–H groups in total. The molecule has 1 aliphatic rings. The lowest BCUT2D eigenvalue weighted by Crippen LogP contribution is -2.37. The zero-order valence-corrected chi connectivity index (χ0v) is 20.4. The highest BCUT2D eigenvalue weighted by molar-refractivity contribution is 5.78. The highest BCUT2D eigenvalue weighted by atomic mass is 19.1. The van der Waals surface area contributed by atoms with E-state index < -0.39 is 0 Å². The Hall–Kier alpha value is -2.79. The molecule has 178 valence electrons. The molecule has 1 heterocycles. The summed E-state index contributed by atoms with van der Waals surface area (Å²) in [7, 11) is 1.67. The molecular weight excluding hydrogens is 427 g/mol. The van der Waals surface area contributed by atoms with Crippen LogP contribution in [0.2, 0.25) is 0 Å². The van der Waals surface area contributed by atoms with Gasteiger partial charge in [0.2, 0.25) is 0 Å². The Balaban J connectivity index is 1.55. The SMILES string of the molecule is CO[C@@H]1C[C@H](OCc2ccccc2)C[C@@H](/C=C/c2c(C)cc(C)cc2-c2ccc(F)c(C)c2)O1. The fourth-order valence-electron chi connectivity index (χ4n) is 4.53. The predicted molar refractivity (Wildman–Crippen MR) is 135 cm³/mol. The van der Waals surface area contributed by atoms with Crippen molar-refractivity contribution in [3.63, 3.8) is 0 Å². The number of halogens is 1. The maximum atomic E-state index is 13.9. The average Bonchev–Trinajstić information content (AvgIpc) is 2.84. The first-order valence-electron chi connectivity index (χ1n) is 11.8. The first-order valence-corrected chi connectivity index (χ1v) is 11.8. The van der Waals surface area contributed by atoms with Crippen LogP contribution in [0.3, 0.4) is 0 Å². The Kier molecular flexibility index (Phi) is 7.94. The summed E-state index contributed by atoms with van der Waals surface area (Å²) < 4.78 is 31.8. The molecule has 1 aliphatic heterocycles. The summed E-state index contributed by atoms with van der Waals surface area (Å²) >= 11 is 0. The van der Waals surface area contributed by atoms with Crippen LogP contribution in [0.15, 0.2) is 66.7 Å². The zero-order chi connectivity index (χ0) is 24.1. The summed E-state index contributed by atoms with van der Waals surface area (Å²) in [6.07, 6.45) is 5.31. The quantitative estimate of drug-likeness (QED) is 0.374. The molecule has 0 unspecified atom stereocenters. The van der Waals surface area contributed by atoms with Crippen molar-refractivity contribution in [1.82, 2.24) is 0 Å². The van der Waals surface area contributed by atoms with Gasteiger partial charge in [0.1, 0.15) is 5.82 Å². The monoisotopic (exact) mass is 460 g/mol. The second kappa shape index (κ2) is 11.1. The van der Waals surface area contributed by atoms with E-state index in [1.807, 2.05) is 30.3 Å². The minimum absolute atomic E-state index is 0.0480. The molecule has 34 heavy (non-hydrogen) atoms. The minimum Gasteiger partial charge on any atom is -0.373 e. The first kappa shape index (κ1) is 24.3. The molecule has 0 spiro atoms. The van der Waals surface area contributed by atoms with Gasteiger partial charge in [0.25, 0.3) is 0 Å². The number of hydrogen-bond acceptors (Lipinski definition) is 3. The van der Waals surface area contributed by atoms with Crippen LogP contribution in [0.25, 0.3) is 17.2 Å². The van der Waals surface area contributed by atoms with Crippen LogP contribution in [-0.4, -0.2) is 25.6 Å². The van der Waals surface area contributed by atoms with E-state index in [0.29, 0.717) is 18.6 Å². The summed E-state index contributed by atoms with van der Waals surface area (Å²) in [6, 6.07) is 19.8. The third-order valence-electron chi connectivity index (χ3n) is 6.35. The van der Waals surface area contributed by atoms with E-state index in [4.69, 9.17) is 14.2 Å². The van der Waals surface area contributed by atoms with Gasteiger partial charge in [-0.05, 0) is 66.3 Å². The van der Waals surface area contributed by atoms with Crippen LogP contribution >= 0.6 is 0 Å². The Bertz CT molecular complexity index is 1140. The summed E-state index contributed by atoms with van der Waals surface area (Å²) in [6.45, 7) is 6.57. The molecule has 3 aromatic rings. The van der Waals surface area contributed by atoms with Gasteiger partial charge in [0.05, 0.1) is 18.8 Å². The third kappa shape index (κ3) is 6.01. The Morgan fingerprint density at radius 2 is 1.76 bits per heavy atom. The first-order chi connectivity index (χ1) is 16.4. The van der Waals surface area contributed by atoms with E-state index in [1.165, 1.54) is 17.2 Å². The smallest absolute Gasteiger partial charge is 0.160 e. The molecule has 1 saturated heterocycles. The summed E-state index contributed by atoms with van der Waals surface area (Å²) in [4.78, 5) is 0. The van der Waals surface area contributed by atoms with Gasteiger partial charge in [0.15, 0.2) is 6.29 Å². The van der Waals surface area contributed by atoms with E-state index >= 15 is 0 Å². The number of rotatable bonds is 7. The molecule has 0 bridgehead atoms. The lowest BCUT2D eigenvalue weighted by molar-refractivity contribution is -0.200. The largest absolute Gasteiger partial charge is 0.373 e. The highest BCUT2D eigenvalue weighted by Crippen LogP contribution is 2.31. The molecule has 0 aliphatic carbocycles. The zero-order valence-electron chi connectivity index (χ0n) is 20.4. The molecule has 0 saturated carbocycles. The van der Waals surface area contributed by atoms with Crippen LogP contribution in [0.5, 0.6) is 0 Å². The molecule has 0 radical (unpaired) electrons. The van der Waals surface area contributed by atoms with E-state index in [-0.39, 0.29) is 24.3 Å². The van der Waals surface area contributed by atoms with Gasteiger partial charge in [-0.25, -0.2) is 4.39 Å². The number of ether oxygens (including phenoxy) is 3. The maximum Gasteiger partial charge on any atom is 0.160 e. The standard InChI is InChI=1S/C30H33FO3/c1-20-14-21(2)27(28(15-20)24-10-13-29(31)22(3)16-24)12-11-25-17-26(18-30(32-4)34-25)33-19-23-8-6-5-7-9-23/h5-16,25-26,30H,17-19H2,1-4H3/b12-11+/t25-,26-,30+/m1/s1. The van der Waals surface area contributed by atoms with Crippen molar-refractivity contribution in [2.75, 3.05) is 7.11 Å². The van der Waals surface area contributed by atoms with Gasteiger partial charge in [0, 0.05) is 20.0 Å². The highest BCUT2D eigenvalue weighted by Gasteiger charge is 2.29. The summed E-state index contributed by atoms with van der Waals surface area (Å²) in [5.74, 6) is -0.187. The molecule has 4 heteroatoms. The van der Waals surface area contributed by atoms with Crippen LogP contribution in [-0.2, 0) is 20.8 Å². The Morgan fingerprint density at radius 3 is 2.50 bits per heavy atom. The Labute approximate surface area is 202 Å². The summed E-state index contributed by atoms with van der Waals surface area (Å²) in [5, 5.41) is 0. The van der Waals surface area contributed by atoms with E-state index in [1.54, 1.807) is 14.0 Å². The van der Waals surface area contributed by atoms with Gasteiger partial charge in [-0.1, -0.05) is 66.2 Å². The van der Waals surface area contributed by atoms with Crippen molar-refractivity contribution in [2.45, 2.75) is 58.7 Å². The molecular formula is C30H33FO3. The van der Waals surface area contributed by atoms with Crippen LogP contribution in [0.4, 0.5) is 4.39 Å². The number of hydrogen-bond donors (Lipinski definition) is 0. The second-order valence-electron chi connectivity index (χ2n) is 9.10. The maximum absolute atomic E-state index is 13.9. The van der Waals surface area contributed by atoms with Gasteiger partial charge in [-0.2, -0.15) is 0 Å². The van der Waals surface area contributed by atoms with Gasteiger partial charge >= 0.3 is 0 Å². The van der Waals surface area contributed by atoms with Crippen molar-refractivity contribution < 1.29 is 18.6 Å². The van der Waals surface area contributed by atoms with Crippen molar-refractivity contribution in [3.05, 3.63) is 100 Å². The van der Waals surface area contributed by atoms with Crippen LogP contribution in [0.1, 0.15) is 40.7 Å². The number of aryl methyl sites for hydroxylation is 3. The lowest BCUT2D eigenvalue weighted by atomic mass is 9.92. The fraction of sp³-hybridized carbons (Fsp3) is 0.333. The topological polar surface area (TPSA) is 27.7 Å². The number of methoxy groups -OCH3 is 1. The summed E-state index contributed by atoms with van der Waals surface area (Å²) in [5.41, 5.74) is 7.36. The third-order valence-corrected chi connectivity index (χ3v) is 6.35. The van der Waals surface area contributed by atoms with E-state index in [2.05, 4.69) is 50.3 Å². The molecule has 3 atom stereocenters. The molecule has 0 aromatic heterocycles. The average molecular weight is 461 g/mol. The van der Waals surface area contributed by atoms with Crippen molar-refractivity contribution in [1.29, 1.82) is 0 Å². The molecule has 0 amide bonds. The normalized spacial score (nSPS) is 20.7. The molecule has 3 aromatic carbocycles. The van der Waals surface area contributed by atoms with Gasteiger partial charge in [-0.15, -0.1) is 0 Å². The van der Waals surface area contributed by atoms with Crippen LogP contribution < -0.4 is 0 Å². The number of benzene rings is 3. The molecule has 3 nitrogen and oxygen atoms in total. The van der Waals surface area contributed by atoms with Gasteiger partial charge < -0.3 is 14.2 Å².